The summed E-state index contributed by atoms with van der Waals surface area (Å²) in [6.07, 6.45) is 16.0. The van der Waals surface area contributed by atoms with Gasteiger partial charge < -0.3 is 54.7 Å². The van der Waals surface area contributed by atoms with Crippen LogP contribution < -0.4 is 5.32 Å². The first-order valence-electron chi connectivity index (χ1n) is 45.0. The number of ketones is 1. The number of carbonyl (C=O) groups is 2. The minimum atomic E-state index is -0.226. The normalized spacial score (nSPS) is 23.3. The molecule has 0 saturated carbocycles. The van der Waals surface area contributed by atoms with Gasteiger partial charge in [0.05, 0.1) is 12.7 Å². The van der Waals surface area contributed by atoms with Crippen LogP contribution in [0.4, 0.5) is 0 Å². The van der Waals surface area contributed by atoms with Gasteiger partial charge in [0.15, 0.2) is 0 Å². The molecule has 10 heterocycles. The van der Waals surface area contributed by atoms with E-state index in [9.17, 15) is 14.7 Å². The molecule has 0 aromatic heterocycles. The topological polar surface area (TPSA) is 135 Å². The molecule has 10 fully saturated rings. The van der Waals surface area contributed by atoms with E-state index >= 15 is 0 Å². The van der Waals surface area contributed by atoms with Crippen LogP contribution in [0.5, 0.6) is 0 Å². The van der Waals surface area contributed by atoms with Gasteiger partial charge in [-0.2, -0.15) is 0 Å². The highest BCUT2D eigenvalue weighted by Gasteiger charge is 2.34. The van der Waals surface area contributed by atoms with Gasteiger partial charge in [-0.05, 0) is 287 Å². The Kier molecular flexibility index (Phi) is 50.5. The summed E-state index contributed by atoms with van der Waals surface area (Å²) in [4.78, 5) is 59.5. The molecule has 10 saturated heterocycles. The molecule has 1 unspecified atom stereocenters. The van der Waals surface area contributed by atoms with Gasteiger partial charge in [-0.15, -0.1) is 0 Å². The highest BCUT2D eigenvalue weighted by atomic mass is 16.3. The van der Waals surface area contributed by atoms with E-state index in [-0.39, 0.29) is 28.9 Å². The zero-order chi connectivity index (χ0) is 83.3. The second kappa shape index (κ2) is 53.1. The molecule has 1 amide bonds. The minimum absolute atomic E-state index is 0.0476. The number of hydrogen-bond donors (Lipinski definition) is 3. The number of likely N-dealkylation sites (tertiary alicyclic amines) is 5. The molecule has 3 N–H and O–H groups in total. The molecular weight excluding hydrogens is 1370 g/mol. The number of nitrogens with one attached hydrogen (secondary N) is 1. The Bertz CT molecular complexity index is 2230. The van der Waals surface area contributed by atoms with E-state index < -0.39 is 0 Å². The average Bonchev–Trinajstić information content (AvgIpc) is 1.38. The molecule has 654 valence electrons. The lowest BCUT2D eigenvalue weighted by Gasteiger charge is -2.43. The molecule has 0 radical (unpaired) electrons. The SMILES string of the molecule is CC(C)(C)C1CCNCC1.CC(C)(C)N1CCC(N2CCCC2)CC1.CC(C)(C)N1CCC(O)CC1.CC(C)C(=O)CCCN(C)C.CC(C)N1CCC(N(C)C)C1.CC(C)N1CCC(N2CCN(C)CC2)CC1.CC(C)N1CCN(CCO)CC1.CN1CCN(C(=O)C(C)(C)C)CC1.CN1CCN(C(C)(C)C)CC1. The molecule has 20 heteroatoms. The third-order valence-corrected chi connectivity index (χ3v) is 25.1. The highest BCUT2D eigenvalue weighted by molar-refractivity contribution is 5.81. The van der Waals surface area contributed by atoms with Crippen molar-refractivity contribution in [3.05, 3.63) is 0 Å². The summed E-state index contributed by atoms with van der Waals surface area (Å²) in [7, 11) is 14.9. The van der Waals surface area contributed by atoms with E-state index in [1.54, 1.807) is 0 Å². The predicted octanol–water partition coefficient (Wildman–Crippen LogP) is 11.2. The van der Waals surface area contributed by atoms with Crippen molar-refractivity contribution in [1.82, 2.24) is 78.8 Å². The lowest BCUT2D eigenvalue weighted by molar-refractivity contribution is -0.141. The zero-order valence-corrected chi connectivity index (χ0v) is 78.7. The van der Waals surface area contributed by atoms with Crippen molar-refractivity contribution in [2.24, 2.45) is 22.7 Å². The number of rotatable bonds is 13. The van der Waals surface area contributed by atoms with Crippen molar-refractivity contribution in [2.45, 2.75) is 302 Å². The van der Waals surface area contributed by atoms with Crippen molar-refractivity contribution in [1.29, 1.82) is 0 Å². The van der Waals surface area contributed by atoms with E-state index in [0.717, 1.165) is 140 Å². The van der Waals surface area contributed by atoms with Crippen molar-refractivity contribution in [3.8, 4) is 0 Å². The quantitative estimate of drug-likeness (QED) is 0.161. The number of piperidine rings is 4. The summed E-state index contributed by atoms with van der Waals surface area (Å²) >= 11 is 0. The summed E-state index contributed by atoms with van der Waals surface area (Å²) in [6, 6.07) is 4.67. The van der Waals surface area contributed by atoms with Crippen molar-refractivity contribution in [2.75, 3.05) is 252 Å². The second-order valence-corrected chi connectivity index (χ2v) is 41.1. The fourth-order valence-corrected chi connectivity index (χ4v) is 16.3. The number of nitrogens with zero attached hydrogens (tertiary/aromatic N) is 15. The molecule has 10 aliphatic heterocycles. The van der Waals surface area contributed by atoms with Crippen LogP contribution in [0.3, 0.4) is 0 Å². The summed E-state index contributed by atoms with van der Waals surface area (Å²) in [5, 5.41) is 21.4. The molecule has 0 aromatic carbocycles. The van der Waals surface area contributed by atoms with Gasteiger partial charge in [0, 0.05) is 221 Å². The number of aliphatic hydroxyl groups is 2. The lowest BCUT2D eigenvalue weighted by atomic mass is 9.76. The predicted molar refractivity (Wildman–Crippen MR) is 475 cm³/mol. The number of carbonyl (C=O) groups excluding carboxylic acids is 2. The van der Waals surface area contributed by atoms with Crippen LogP contribution in [0.25, 0.3) is 0 Å². The largest absolute Gasteiger partial charge is 0.395 e. The van der Waals surface area contributed by atoms with Crippen LogP contribution in [0.2, 0.25) is 0 Å². The summed E-state index contributed by atoms with van der Waals surface area (Å²) in [5.41, 5.74) is 1.31. The Morgan fingerprint density at radius 2 is 0.827 bits per heavy atom. The number of aliphatic hydroxyl groups excluding tert-OH is 2. The molecule has 0 bridgehead atoms. The summed E-state index contributed by atoms with van der Waals surface area (Å²) in [5.74, 6) is 1.80. The Morgan fingerprint density at radius 1 is 0.445 bits per heavy atom. The van der Waals surface area contributed by atoms with Gasteiger partial charge in [-0.3, -0.25) is 43.9 Å². The van der Waals surface area contributed by atoms with Crippen molar-refractivity contribution < 1.29 is 19.8 Å². The summed E-state index contributed by atoms with van der Waals surface area (Å²) in [6.45, 7) is 86.5. The fraction of sp³-hybridized carbons (Fsp3) is 0.978. The lowest BCUT2D eigenvalue weighted by Crippen LogP contribution is -2.53. The van der Waals surface area contributed by atoms with E-state index in [4.69, 9.17) is 5.11 Å². The Morgan fingerprint density at radius 3 is 1.18 bits per heavy atom. The maximum Gasteiger partial charge on any atom is 0.228 e. The van der Waals surface area contributed by atoms with E-state index in [1.807, 2.05) is 53.6 Å². The molecule has 110 heavy (non-hydrogen) atoms. The van der Waals surface area contributed by atoms with E-state index in [1.165, 1.54) is 176 Å². The van der Waals surface area contributed by atoms with Gasteiger partial charge in [0.1, 0.15) is 5.78 Å². The monoisotopic (exact) mass is 1560 g/mol. The van der Waals surface area contributed by atoms with E-state index in [2.05, 4.69) is 234 Å². The Balaban J connectivity index is 0.000000422. The molecule has 20 nitrogen and oxygen atoms in total. The van der Waals surface area contributed by atoms with Crippen molar-refractivity contribution in [3.63, 3.8) is 0 Å². The summed E-state index contributed by atoms with van der Waals surface area (Å²) < 4.78 is 0. The molecule has 10 aliphatic rings. The maximum atomic E-state index is 11.8. The van der Waals surface area contributed by atoms with Crippen LogP contribution >= 0.6 is 0 Å². The Labute approximate surface area is 683 Å². The second-order valence-electron chi connectivity index (χ2n) is 41.1. The number of Topliss-reactive ketones (excluding diaryl/α,β-unsaturated/α-hetero) is 1. The number of likely N-dealkylation sites (N-methyl/N-ethyl adjacent to an activating group) is 4. The van der Waals surface area contributed by atoms with Crippen LogP contribution in [-0.4, -0.2) is 407 Å². The van der Waals surface area contributed by atoms with Crippen LogP contribution in [0.1, 0.15) is 243 Å². The van der Waals surface area contributed by atoms with Crippen molar-refractivity contribution >= 4 is 11.7 Å². The highest BCUT2D eigenvalue weighted by Crippen LogP contribution is 2.33. The van der Waals surface area contributed by atoms with Gasteiger partial charge >= 0.3 is 0 Å². The zero-order valence-electron chi connectivity index (χ0n) is 78.7. The maximum absolute atomic E-state index is 11.8. The molecular formula is C90H190N16O4. The first-order chi connectivity index (χ1) is 51.1. The number of hydrogen-bond acceptors (Lipinski definition) is 19. The molecule has 10 rings (SSSR count). The Hall–Kier alpha value is -1.54. The van der Waals surface area contributed by atoms with Crippen LogP contribution in [0, 0.1) is 22.7 Å². The fourth-order valence-electron chi connectivity index (χ4n) is 16.3. The van der Waals surface area contributed by atoms with Gasteiger partial charge in [0.25, 0.3) is 0 Å². The van der Waals surface area contributed by atoms with Gasteiger partial charge in [-0.1, -0.05) is 55.4 Å². The molecule has 0 aliphatic carbocycles. The molecule has 0 spiro atoms. The third kappa shape index (κ3) is 44.3. The molecule has 1 atom stereocenters. The van der Waals surface area contributed by atoms with Gasteiger partial charge in [0.2, 0.25) is 5.91 Å². The van der Waals surface area contributed by atoms with Crippen LogP contribution in [0.15, 0.2) is 0 Å². The number of amides is 1. The number of β-amino-alcohol motifs (C(OH)–C–C–N with tert-alkyl or cyclic N) is 1. The van der Waals surface area contributed by atoms with Gasteiger partial charge in [-0.25, -0.2) is 0 Å². The first-order valence-corrected chi connectivity index (χ1v) is 45.0. The first kappa shape index (κ1) is 105. The minimum Gasteiger partial charge on any atom is -0.395 e. The van der Waals surface area contributed by atoms with E-state index in [0.29, 0.717) is 34.9 Å². The third-order valence-electron chi connectivity index (χ3n) is 25.1. The standard InChI is InChI=1S/C13H27N3.C13H26N2.C10H20N2O.C9H20N2O.2C9H20N2.2C9H19NO.C9H19N/c1-12(2)15-6-4-13(5-7-15)16-10-8-14(3)9-11-16;1-13(2,3)15-10-6-12(7-11-15)14-8-4-5-9-14;1-10(2,3)9(13)12-7-5-11(4)6-8-12;1-9(2)11-5-3-10(4-6-11)7-8-12;1-9(2,3)11-7-5-10(4)6-8-11;1-8(2)11-6-5-9(7-11)10(3)4;1-9(2,3)10-6-4-8(11)5-7-10;1-8(2)9(11)6-5-7-10(3)4;1-9(2,3)8-4-6-10-7-5-8/h12-13H,4-11H2,1-3H3;12H,4-11H2,1-3H3;5-8H2,1-4H3;9,12H,3-8H2,1-2H3;5-8H2,1-4H3;8-9H,5-7H2,1-4H3;8,11H,4-7H2,1-3H3;8H,5-7H2,1-4H3;8,10H,4-7H2,1-3H3. The smallest absolute Gasteiger partial charge is 0.228 e. The number of piperazine rings is 4. The average molecular weight is 1560 g/mol. The molecule has 0 aromatic rings. The van der Waals surface area contributed by atoms with Crippen LogP contribution in [-0.2, 0) is 9.59 Å².